The quantitative estimate of drug-likeness (QED) is 0.793. The third kappa shape index (κ3) is 3.36. The zero-order valence-corrected chi connectivity index (χ0v) is 16.9. The molecule has 2 aromatic rings. The molecule has 1 aromatic heterocycles. The lowest BCUT2D eigenvalue weighted by Gasteiger charge is -2.30. The summed E-state index contributed by atoms with van der Waals surface area (Å²) in [6, 6.07) is 13.1. The minimum atomic E-state index is -0.404. The molecule has 0 radical (unpaired) electrons. The highest BCUT2D eigenvalue weighted by Gasteiger charge is 2.48. The van der Waals surface area contributed by atoms with E-state index in [1.165, 1.54) is 0 Å². The van der Waals surface area contributed by atoms with Crippen molar-refractivity contribution in [3.63, 3.8) is 0 Å². The van der Waals surface area contributed by atoms with Gasteiger partial charge in [0.05, 0.1) is 23.0 Å². The maximum atomic E-state index is 9.69. The second-order valence-electron chi connectivity index (χ2n) is 8.90. The van der Waals surface area contributed by atoms with E-state index in [2.05, 4.69) is 33.4 Å². The van der Waals surface area contributed by atoms with Gasteiger partial charge in [0.1, 0.15) is 5.82 Å². The number of hydrogen-bond donors (Lipinski definition) is 2. The number of piperidine rings is 1. The summed E-state index contributed by atoms with van der Waals surface area (Å²) in [5, 5.41) is 22.8. The molecule has 2 aliphatic carbocycles. The van der Waals surface area contributed by atoms with E-state index in [4.69, 9.17) is 10.7 Å². The van der Waals surface area contributed by atoms with E-state index in [1.807, 2.05) is 18.2 Å². The first-order chi connectivity index (χ1) is 14.6. The van der Waals surface area contributed by atoms with Gasteiger partial charge in [0.25, 0.3) is 0 Å². The van der Waals surface area contributed by atoms with Crippen molar-refractivity contribution in [1.29, 1.82) is 10.5 Å². The normalized spacial score (nSPS) is 23.2. The number of hydrogen-bond acceptors (Lipinski definition) is 7. The number of nitrogens with two attached hydrogens (primary N) is 1. The Morgan fingerprint density at radius 1 is 1.07 bits per heavy atom. The summed E-state index contributed by atoms with van der Waals surface area (Å²) in [5.41, 5.74) is 8.17. The van der Waals surface area contributed by atoms with Crippen molar-refractivity contribution in [3.05, 3.63) is 41.6 Å². The van der Waals surface area contributed by atoms with Crippen LogP contribution in [0, 0.1) is 22.7 Å². The van der Waals surface area contributed by atoms with Gasteiger partial charge in [-0.3, -0.25) is 0 Å². The maximum Gasteiger partial charge on any atom is 0.227 e. The van der Waals surface area contributed by atoms with E-state index < -0.39 is 10.8 Å². The Balaban J connectivity index is 1.46. The summed E-state index contributed by atoms with van der Waals surface area (Å²) in [4.78, 5) is 11.3. The summed E-state index contributed by atoms with van der Waals surface area (Å²) in [6.07, 6.45) is 7.32. The van der Waals surface area contributed by atoms with Crippen molar-refractivity contribution >= 4 is 17.5 Å². The number of nitrogens with zero attached hydrogens (tertiary/aromatic N) is 5. The Kier molecular flexibility index (Phi) is 4.38. The van der Waals surface area contributed by atoms with Gasteiger partial charge >= 0.3 is 0 Å². The molecule has 1 atom stereocenters. The van der Waals surface area contributed by atoms with Crippen LogP contribution < -0.4 is 16.0 Å². The van der Waals surface area contributed by atoms with Crippen LogP contribution in [0.25, 0.3) is 0 Å². The molecule has 2 saturated carbocycles. The molecule has 3 N–H and O–H groups in total. The highest BCUT2D eigenvalue weighted by Crippen LogP contribution is 2.52. The minimum Gasteiger partial charge on any atom is -0.340 e. The van der Waals surface area contributed by atoms with Crippen molar-refractivity contribution in [3.8, 4) is 12.1 Å². The number of benzene rings is 1. The molecule has 0 spiro atoms. The molecule has 30 heavy (non-hydrogen) atoms. The van der Waals surface area contributed by atoms with Gasteiger partial charge in [-0.2, -0.15) is 15.5 Å². The summed E-state index contributed by atoms with van der Waals surface area (Å²) < 4.78 is 0. The molecule has 1 saturated heterocycles. The summed E-state index contributed by atoms with van der Waals surface area (Å²) in [6.45, 7) is 1.67. The van der Waals surface area contributed by atoms with Crippen LogP contribution in [0.4, 0.5) is 17.5 Å². The second-order valence-corrected chi connectivity index (χ2v) is 8.90. The zero-order valence-electron chi connectivity index (χ0n) is 16.9. The number of aromatic nitrogens is 2. The summed E-state index contributed by atoms with van der Waals surface area (Å²) >= 11 is 0. The predicted octanol–water partition coefficient (Wildman–Crippen LogP) is 3.26. The van der Waals surface area contributed by atoms with Crippen molar-refractivity contribution < 1.29 is 0 Å². The van der Waals surface area contributed by atoms with Gasteiger partial charge in [0.2, 0.25) is 5.95 Å². The van der Waals surface area contributed by atoms with E-state index in [-0.39, 0.29) is 6.04 Å². The van der Waals surface area contributed by atoms with E-state index in [9.17, 15) is 10.5 Å². The Bertz CT molecular complexity index is 1010. The highest BCUT2D eigenvalue weighted by atomic mass is 15.3. The summed E-state index contributed by atoms with van der Waals surface area (Å²) in [7, 11) is 0. The van der Waals surface area contributed by atoms with Crippen molar-refractivity contribution in [2.75, 3.05) is 23.3 Å². The molecule has 2 heterocycles. The zero-order chi connectivity index (χ0) is 20.8. The number of nitrogens with one attached hydrogen (secondary N) is 1. The molecule has 1 aliphatic heterocycles. The van der Waals surface area contributed by atoms with Gasteiger partial charge in [-0.1, -0.05) is 6.07 Å². The third-order valence-electron chi connectivity index (χ3n) is 6.62. The van der Waals surface area contributed by atoms with E-state index in [1.54, 1.807) is 6.20 Å². The largest absolute Gasteiger partial charge is 0.340 e. The van der Waals surface area contributed by atoms with Gasteiger partial charge in [0, 0.05) is 31.0 Å². The lowest BCUT2D eigenvalue weighted by molar-refractivity contribution is 0.500. The van der Waals surface area contributed by atoms with Crippen LogP contribution in [0.15, 0.2) is 30.5 Å². The predicted molar refractivity (Wildman–Crippen MR) is 114 cm³/mol. The smallest absolute Gasteiger partial charge is 0.227 e. The fraction of sp³-hybridized carbons (Fsp3) is 0.478. The van der Waals surface area contributed by atoms with Gasteiger partial charge in [-0.15, -0.1) is 0 Å². The molecule has 7 heteroatoms. The van der Waals surface area contributed by atoms with E-state index in [0.29, 0.717) is 11.8 Å². The first-order valence-corrected chi connectivity index (χ1v) is 10.7. The molecule has 0 bridgehead atoms. The Morgan fingerprint density at radius 2 is 1.73 bits per heavy atom. The monoisotopic (exact) mass is 399 g/mol. The average molecular weight is 400 g/mol. The SMILES string of the molecule is N#CC1(c2cc(Nc3ccnc(N4CCC[C@H](N)C4)n3)cc(C3(C#N)CC3)c2)CC1. The van der Waals surface area contributed by atoms with Gasteiger partial charge in [-0.05, 0) is 67.9 Å². The van der Waals surface area contributed by atoms with Crippen LogP contribution in [-0.2, 0) is 10.8 Å². The fourth-order valence-electron chi connectivity index (χ4n) is 4.34. The summed E-state index contributed by atoms with van der Waals surface area (Å²) in [5.74, 6) is 1.38. The van der Waals surface area contributed by atoms with Crippen LogP contribution in [0.5, 0.6) is 0 Å². The topological polar surface area (TPSA) is 115 Å². The Labute approximate surface area is 176 Å². The van der Waals surface area contributed by atoms with Crippen LogP contribution in [0.1, 0.15) is 49.7 Å². The first-order valence-electron chi connectivity index (χ1n) is 10.7. The van der Waals surface area contributed by atoms with Crippen LogP contribution in [0.3, 0.4) is 0 Å². The first kappa shape index (κ1) is 18.8. The third-order valence-corrected chi connectivity index (χ3v) is 6.62. The van der Waals surface area contributed by atoms with Crippen molar-refractivity contribution in [2.45, 2.75) is 55.4 Å². The maximum absolute atomic E-state index is 9.69. The Morgan fingerprint density at radius 3 is 2.30 bits per heavy atom. The van der Waals surface area contributed by atoms with Gasteiger partial charge in [-0.25, -0.2) is 4.98 Å². The number of rotatable bonds is 5. The van der Waals surface area contributed by atoms with Crippen LogP contribution in [0.2, 0.25) is 0 Å². The Hall–Kier alpha value is -3.16. The molecule has 5 rings (SSSR count). The van der Waals surface area contributed by atoms with Crippen molar-refractivity contribution in [1.82, 2.24) is 9.97 Å². The number of anilines is 3. The van der Waals surface area contributed by atoms with E-state index >= 15 is 0 Å². The molecule has 3 fully saturated rings. The van der Waals surface area contributed by atoms with Crippen LogP contribution in [-0.4, -0.2) is 29.1 Å². The fourth-order valence-corrected chi connectivity index (χ4v) is 4.34. The molecular formula is C23H25N7. The molecule has 0 amide bonds. The van der Waals surface area contributed by atoms with Crippen molar-refractivity contribution in [2.24, 2.45) is 5.73 Å². The second kappa shape index (κ2) is 6.97. The lowest BCUT2D eigenvalue weighted by atomic mass is 9.89. The highest BCUT2D eigenvalue weighted by molar-refractivity contribution is 5.63. The van der Waals surface area contributed by atoms with Gasteiger partial charge < -0.3 is 16.0 Å². The minimum absolute atomic E-state index is 0.152. The lowest BCUT2D eigenvalue weighted by Crippen LogP contribution is -2.43. The molecule has 1 aromatic carbocycles. The molecule has 7 nitrogen and oxygen atoms in total. The molecular weight excluding hydrogens is 374 g/mol. The average Bonchev–Trinajstić information content (AvgIpc) is 3.69. The molecule has 0 unspecified atom stereocenters. The molecule has 152 valence electrons. The molecule has 3 aliphatic rings. The van der Waals surface area contributed by atoms with E-state index in [0.717, 1.165) is 68.4 Å². The number of nitriles is 2. The van der Waals surface area contributed by atoms with Gasteiger partial charge in [0.15, 0.2) is 0 Å². The van der Waals surface area contributed by atoms with Crippen LogP contribution >= 0.6 is 0 Å². The standard InChI is InChI=1S/C23H25N7/c24-14-22(4-5-22)16-10-17(23(15-25)6-7-23)12-19(11-16)28-20-3-8-27-21(29-20)30-9-1-2-18(26)13-30/h3,8,10-12,18H,1-2,4-7,9,13,26H2,(H,27,28,29)/t18-/m0/s1.